The molecule has 4 heterocycles. The van der Waals surface area contributed by atoms with Crippen LogP contribution in [0.1, 0.15) is 33.2 Å². The molecule has 2 amide bonds. The van der Waals surface area contributed by atoms with Crippen molar-refractivity contribution in [2.75, 3.05) is 18.4 Å². The lowest BCUT2D eigenvalue weighted by Gasteiger charge is -2.31. The molecule has 9 heteroatoms. The Kier molecular flexibility index (Phi) is 4.76. The number of anilines is 1. The van der Waals surface area contributed by atoms with Crippen LogP contribution in [0.4, 0.5) is 5.82 Å². The number of hydrogen-bond donors (Lipinski definition) is 4. The van der Waals surface area contributed by atoms with E-state index in [1.54, 1.807) is 12.4 Å². The summed E-state index contributed by atoms with van der Waals surface area (Å²) in [4.78, 5) is 33.1. The normalized spacial score (nSPS) is 20.0. The number of hydrogen-bond acceptors (Lipinski definition) is 5. The first-order chi connectivity index (χ1) is 13.5. The first kappa shape index (κ1) is 18.4. The van der Waals surface area contributed by atoms with Crippen molar-refractivity contribution in [3.63, 3.8) is 0 Å². The Morgan fingerprint density at radius 2 is 2.07 bits per heavy atom. The van der Waals surface area contributed by atoms with Gasteiger partial charge >= 0.3 is 11.8 Å². The third kappa shape index (κ3) is 3.22. The van der Waals surface area contributed by atoms with Gasteiger partial charge in [0.15, 0.2) is 5.65 Å². The predicted octanol–water partition coefficient (Wildman–Crippen LogP) is 1.55. The van der Waals surface area contributed by atoms with Crippen molar-refractivity contribution in [1.29, 1.82) is 0 Å². The minimum absolute atomic E-state index is 0.116. The zero-order chi connectivity index (χ0) is 19.8. The van der Waals surface area contributed by atoms with Crippen LogP contribution in [0.15, 0.2) is 18.5 Å². The molecule has 0 radical (unpaired) electrons. The summed E-state index contributed by atoms with van der Waals surface area (Å²) in [6.45, 7) is 7.65. The smallest absolute Gasteiger partial charge is 0.314 e. The summed E-state index contributed by atoms with van der Waals surface area (Å²) in [6, 6.07) is 1.99. The number of nitrogens with one attached hydrogen (secondary N) is 4. The van der Waals surface area contributed by atoms with Gasteiger partial charge in [-0.25, -0.2) is 9.97 Å². The second-order valence-corrected chi connectivity index (χ2v) is 7.68. The Morgan fingerprint density at radius 1 is 1.25 bits per heavy atom. The van der Waals surface area contributed by atoms with Gasteiger partial charge in [-0.15, -0.1) is 0 Å². The van der Waals surface area contributed by atoms with Crippen molar-refractivity contribution >= 4 is 39.6 Å². The van der Waals surface area contributed by atoms with Gasteiger partial charge in [0.05, 0.1) is 16.9 Å². The standard InChI is InChI=1S/C19H25N7O2/c1-10(2)23-18(27)19(28)24-17-13-8-22-16-12(5-7-21-16)15(13)26(25-17)14-9-20-6-4-11(14)3/h5,7-8,10-11,14,20,25H,4,6,9H2,1-3H3,(H,23,27)(H,24,28)/t11-,14+/m1/s1. The largest absolute Gasteiger partial charge is 0.346 e. The first-order valence-corrected chi connectivity index (χ1v) is 9.62. The molecule has 1 fully saturated rings. The minimum Gasteiger partial charge on any atom is -0.346 e. The summed E-state index contributed by atoms with van der Waals surface area (Å²) >= 11 is 0. The number of amides is 2. The highest BCUT2D eigenvalue weighted by Crippen LogP contribution is 2.34. The summed E-state index contributed by atoms with van der Waals surface area (Å²) < 4.78 is 2.08. The quantitative estimate of drug-likeness (QED) is 0.512. The number of carbonyl (C=O) groups is 2. The molecule has 1 aliphatic heterocycles. The van der Waals surface area contributed by atoms with Crippen molar-refractivity contribution in [1.82, 2.24) is 30.4 Å². The van der Waals surface area contributed by atoms with E-state index >= 15 is 0 Å². The number of fused-ring (bicyclic) bond motifs is 3. The minimum atomic E-state index is -0.709. The van der Waals surface area contributed by atoms with Crippen molar-refractivity contribution in [3.05, 3.63) is 18.5 Å². The fraction of sp³-hybridized carbons (Fsp3) is 0.474. The number of aromatic nitrogens is 4. The van der Waals surface area contributed by atoms with Gasteiger partial charge in [0.25, 0.3) is 0 Å². The van der Waals surface area contributed by atoms with Gasteiger partial charge in [0, 0.05) is 30.4 Å². The number of pyridine rings is 1. The molecule has 3 aromatic rings. The predicted molar refractivity (Wildman–Crippen MR) is 107 cm³/mol. The maximum absolute atomic E-state index is 12.4. The van der Waals surface area contributed by atoms with Crippen molar-refractivity contribution in [2.45, 2.75) is 39.3 Å². The van der Waals surface area contributed by atoms with Crippen LogP contribution in [-0.4, -0.2) is 50.7 Å². The van der Waals surface area contributed by atoms with Gasteiger partial charge in [-0.1, -0.05) is 6.92 Å². The van der Waals surface area contributed by atoms with Crippen LogP contribution < -0.4 is 16.0 Å². The first-order valence-electron chi connectivity index (χ1n) is 9.62. The molecule has 148 valence electrons. The molecule has 3 aromatic heterocycles. The molecule has 0 saturated carbocycles. The summed E-state index contributed by atoms with van der Waals surface area (Å²) in [5.41, 5.74) is 1.59. The number of H-pyrrole nitrogens is 1. The van der Waals surface area contributed by atoms with Crippen LogP contribution in [0.25, 0.3) is 21.9 Å². The highest BCUT2D eigenvalue weighted by atomic mass is 16.2. The topological polar surface area (TPSA) is 117 Å². The van der Waals surface area contributed by atoms with Gasteiger partial charge in [-0.05, 0) is 38.8 Å². The molecule has 0 aromatic carbocycles. The highest BCUT2D eigenvalue weighted by molar-refractivity contribution is 6.40. The van der Waals surface area contributed by atoms with E-state index in [-0.39, 0.29) is 12.1 Å². The summed E-state index contributed by atoms with van der Waals surface area (Å²) in [7, 11) is 0. The Hall–Kier alpha value is -2.94. The van der Waals surface area contributed by atoms with E-state index in [4.69, 9.17) is 0 Å². The molecule has 4 rings (SSSR count). The van der Waals surface area contributed by atoms with Crippen molar-refractivity contribution in [2.24, 2.45) is 5.92 Å². The Labute approximate surface area is 162 Å². The molecular formula is C19H25N7O2. The fourth-order valence-corrected chi connectivity index (χ4v) is 3.79. The second kappa shape index (κ2) is 7.23. The Bertz CT molecular complexity index is 1040. The second-order valence-electron chi connectivity index (χ2n) is 7.68. The molecule has 2 atom stereocenters. The number of rotatable bonds is 3. The lowest BCUT2D eigenvalue weighted by Crippen LogP contribution is -2.39. The van der Waals surface area contributed by atoms with Gasteiger partial charge in [0.1, 0.15) is 5.82 Å². The van der Waals surface area contributed by atoms with Gasteiger partial charge in [-0.2, -0.15) is 0 Å². The molecule has 28 heavy (non-hydrogen) atoms. The van der Waals surface area contributed by atoms with Crippen molar-refractivity contribution in [3.8, 4) is 0 Å². The van der Waals surface area contributed by atoms with Gasteiger partial charge < -0.3 is 16.0 Å². The average Bonchev–Trinajstić information content (AvgIpc) is 3.26. The zero-order valence-electron chi connectivity index (χ0n) is 16.2. The summed E-state index contributed by atoms with van der Waals surface area (Å²) in [5.74, 6) is -0.458. The SMILES string of the molecule is CC(C)NC(=O)C(=O)Nc1[nH]n([C@H]2CNCC[C@H]2C)c2c1cnc1nccc12. The molecule has 1 aliphatic rings. The lowest BCUT2D eigenvalue weighted by atomic mass is 9.95. The summed E-state index contributed by atoms with van der Waals surface area (Å²) in [6.07, 6.45) is 4.48. The van der Waals surface area contributed by atoms with Crippen LogP contribution in [0, 0.1) is 5.92 Å². The van der Waals surface area contributed by atoms with E-state index in [9.17, 15) is 9.59 Å². The van der Waals surface area contributed by atoms with Crippen LogP contribution >= 0.6 is 0 Å². The van der Waals surface area contributed by atoms with Crippen LogP contribution in [0.3, 0.4) is 0 Å². The molecule has 4 N–H and O–H groups in total. The molecular weight excluding hydrogens is 358 g/mol. The van der Waals surface area contributed by atoms with E-state index < -0.39 is 11.8 Å². The lowest BCUT2D eigenvalue weighted by molar-refractivity contribution is -0.136. The van der Waals surface area contributed by atoms with E-state index in [1.165, 1.54) is 0 Å². The third-order valence-corrected chi connectivity index (χ3v) is 5.23. The van der Waals surface area contributed by atoms with E-state index in [1.807, 2.05) is 19.9 Å². The van der Waals surface area contributed by atoms with Crippen LogP contribution in [-0.2, 0) is 9.59 Å². The number of aromatic amines is 1. The fourth-order valence-electron chi connectivity index (χ4n) is 3.79. The maximum Gasteiger partial charge on any atom is 0.314 e. The van der Waals surface area contributed by atoms with E-state index in [2.05, 4.69) is 42.6 Å². The summed E-state index contributed by atoms with van der Waals surface area (Å²) in [5, 5.41) is 13.7. The zero-order valence-corrected chi connectivity index (χ0v) is 16.2. The Balaban J connectivity index is 1.79. The molecule has 1 saturated heterocycles. The van der Waals surface area contributed by atoms with Gasteiger partial charge in [-0.3, -0.25) is 19.4 Å². The van der Waals surface area contributed by atoms with E-state index in [0.29, 0.717) is 17.4 Å². The number of piperidine rings is 1. The average molecular weight is 383 g/mol. The number of nitrogens with zero attached hydrogens (tertiary/aromatic N) is 3. The number of carbonyl (C=O) groups excluding carboxylic acids is 2. The van der Waals surface area contributed by atoms with Crippen LogP contribution in [0.2, 0.25) is 0 Å². The maximum atomic E-state index is 12.4. The highest BCUT2D eigenvalue weighted by Gasteiger charge is 2.27. The molecule has 9 nitrogen and oxygen atoms in total. The molecule has 0 spiro atoms. The third-order valence-electron chi connectivity index (χ3n) is 5.23. The van der Waals surface area contributed by atoms with Gasteiger partial charge in [0.2, 0.25) is 0 Å². The van der Waals surface area contributed by atoms with Crippen LogP contribution in [0.5, 0.6) is 0 Å². The molecule has 0 bridgehead atoms. The monoisotopic (exact) mass is 383 g/mol. The molecule has 0 unspecified atom stereocenters. The van der Waals surface area contributed by atoms with Crippen molar-refractivity contribution < 1.29 is 9.59 Å². The van der Waals surface area contributed by atoms with E-state index in [0.717, 1.165) is 35.8 Å². The Morgan fingerprint density at radius 3 is 2.82 bits per heavy atom. The molecule has 0 aliphatic carbocycles.